The average molecular weight is 445 g/mol. The van der Waals surface area contributed by atoms with Gasteiger partial charge in [0.25, 0.3) is 0 Å². The van der Waals surface area contributed by atoms with E-state index < -0.39 is 11.7 Å². The summed E-state index contributed by atoms with van der Waals surface area (Å²) in [6.07, 6.45) is -2.40. The number of carbonyl (C=O) groups excluding carboxylic acids is 1. The third kappa shape index (κ3) is 4.85. The van der Waals surface area contributed by atoms with E-state index in [0.29, 0.717) is 23.9 Å². The summed E-state index contributed by atoms with van der Waals surface area (Å²) in [6.45, 7) is 5.92. The number of nitrogens with one attached hydrogen (secondary N) is 1. The lowest BCUT2D eigenvalue weighted by Gasteiger charge is -2.26. The minimum absolute atomic E-state index is 0.0534. The molecule has 1 unspecified atom stereocenters. The Balaban J connectivity index is 1.42. The van der Waals surface area contributed by atoms with E-state index in [0.717, 1.165) is 37.6 Å². The van der Waals surface area contributed by atoms with E-state index in [9.17, 15) is 18.0 Å². The number of fused-ring (bicyclic) bond motifs is 1. The van der Waals surface area contributed by atoms with Crippen molar-refractivity contribution in [2.45, 2.75) is 51.4 Å². The quantitative estimate of drug-likeness (QED) is 0.641. The molecule has 1 saturated heterocycles. The van der Waals surface area contributed by atoms with Crippen molar-refractivity contribution < 1.29 is 18.0 Å². The van der Waals surface area contributed by atoms with Gasteiger partial charge in [-0.1, -0.05) is 62.4 Å². The fourth-order valence-electron chi connectivity index (χ4n) is 5.61. The summed E-state index contributed by atoms with van der Waals surface area (Å²) in [6, 6.07) is 15.8. The third-order valence-corrected chi connectivity index (χ3v) is 7.08. The summed E-state index contributed by atoms with van der Waals surface area (Å²) in [5.74, 6) is 0.742. The molecule has 172 valence electrons. The second-order valence-electron chi connectivity index (χ2n) is 9.60. The maximum atomic E-state index is 13.4. The van der Waals surface area contributed by atoms with Crippen molar-refractivity contribution in [3.63, 3.8) is 0 Å². The van der Waals surface area contributed by atoms with E-state index >= 15 is 0 Å². The van der Waals surface area contributed by atoms with E-state index in [1.54, 1.807) is 12.1 Å². The van der Waals surface area contributed by atoms with Crippen LogP contribution >= 0.6 is 0 Å². The molecule has 32 heavy (non-hydrogen) atoms. The first-order valence-corrected chi connectivity index (χ1v) is 11.5. The van der Waals surface area contributed by atoms with Gasteiger partial charge in [0.15, 0.2) is 0 Å². The Morgan fingerprint density at radius 2 is 1.72 bits per heavy atom. The molecule has 6 heteroatoms. The molecular weight excluding hydrogens is 413 g/mol. The predicted molar refractivity (Wildman–Crippen MR) is 119 cm³/mol. The monoisotopic (exact) mass is 444 g/mol. The molecule has 2 aromatic rings. The zero-order valence-corrected chi connectivity index (χ0v) is 18.6. The highest BCUT2D eigenvalue weighted by Crippen LogP contribution is 2.40. The number of rotatable bonds is 6. The number of carbonyl (C=O) groups is 1. The highest BCUT2D eigenvalue weighted by molar-refractivity contribution is 5.84. The summed E-state index contributed by atoms with van der Waals surface area (Å²) in [5.41, 5.74) is 0.792. The topological polar surface area (TPSA) is 32.3 Å². The van der Waals surface area contributed by atoms with Crippen LogP contribution < -0.4 is 5.32 Å². The number of hydrogen-bond donors (Lipinski definition) is 1. The molecule has 1 heterocycles. The smallest absolute Gasteiger partial charge is 0.352 e. The summed E-state index contributed by atoms with van der Waals surface area (Å²) < 4.78 is 40.1. The van der Waals surface area contributed by atoms with E-state index in [1.165, 1.54) is 6.07 Å². The van der Waals surface area contributed by atoms with E-state index in [4.69, 9.17) is 0 Å². The van der Waals surface area contributed by atoms with Crippen LogP contribution in [0.2, 0.25) is 0 Å². The van der Waals surface area contributed by atoms with Crippen LogP contribution in [0.1, 0.15) is 49.3 Å². The molecule has 1 amide bonds. The van der Waals surface area contributed by atoms with Gasteiger partial charge in [0.05, 0.1) is 11.5 Å². The van der Waals surface area contributed by atoms with Gasteiger partial charge < -0.3 is 5.32 Å². The molecule has 0 bridgehead atoms. The van der Waals surface area contributed by atoms with Gasteiger partial charge >= 0.3 is 6.18 Å². The minimum Gasteiger partial charge on any atom is -0.352 e. The zero-order valence-electron chi connectivity index (χ0n) is 18.6. The largest absolute Gasteiger partial charge is 0.416 e. The summed E-state index contributed by atoms with van der Waals surface area (Å²) in [5, 5.41) is 3.30. The highest BCUT2D eigenvalue weighted by atomic mass is 19.4. The van der Waals surface area contributed by atoms with Gasteiger partial charge in [-0.25, -0.2) is 0 Å². The molecule has 1 aliphatic carbocycles. The molecule has 1 N–H and O–H groups in total. The molecule has 4 rings (SSSR count). The van der Waals surface area contributed by atoms with Crippen molar-refractivity contribution in [3.05, 3.63) is 71.3 Å². The van der Waals surface area contributed by atoms with Crippen molar-refractivity contribution in [1.29, 1.82) is 0 Å². The molecule has 1 saturated carbocycles. The van der Waals surface area contributed by atoms with Crippen molar-refractivity contribution in [2.24, 2.45) is 17.8 Å². The number of hydrogen-bond acceptors (Lipinski definition) is 2. The van der Waals surface area contributed by atoms with E-state index in [2.05, 4.69) is 24.1 Å². The second-order valence-corrected chi connectivity index (χ2v) is 9.60. The number of benzene rings is 2. The lowest BCUT2D eigenvalue weighted by atomic mass is 9.87. The van der Waals surface area contributed by atoms with Crippen LogP contribution in [0.3, 0.4) is 0 Å². The van der Waals surface area contributed by atoms with Crippen LogP contribution in [0, 0.1) is 17.8 Å². The van der Waals surface area contributed by atoms with Crippen LogP contribution in [-0.4, -0.2) is 29.9 Å². The molecule has 4 atom stereocenters. The van der Waals surface area contributed by atoms with Gasteiger partial charge in [0, 0.05) is 25.7 Å². The first-order valence-electron chi connectivity index (χ1n) is 11.5. The molecule has 1 aliphatic heterocycles. The number of likely N-dealkylation sites (tertiary alicyclic amines) is 1. The van der Waals surface area contributed by atoms with Crippen LogP contribution in [0.5, 0.6) is 0 Å². The second kappa shape index (κ2) is 9.26. The van der Waals surface area contributed by atoms with Crippen molar-refractivity contribution >= 4 is 5.91 Å². The average Bonchev–Trinajstić information content (AvgIpc) is 3.29. The maximum Gasteiger partial charge on any atom is 0.416 e. The summed E-state index contributed by atoms with van der Waals surface area (Å²) in [7, 11) is 0. The first kappa shape index (κ1) is 22.8. The Bertz CT molecular complexity index is 928. The zero-order chi connectivity index (χ0) is 22.9. The van der Waals surface area contributed by atoms with E-state index in [-0.39, 0.29) is 23.8 Å². The van der Waals surface area contributed by atoms with Gasteiger partial charge in [-0.3, -0.25) is 9.69 Å². The Hall–Kier alpha value is -2.34. The number of nitrogens with zero attached hydrogens (tertiary/aromatic N) is 1. The van der Waals surface area contributed by atoms with Crippen molar-refractivity contribution in [1.82, 2.24) is 10.2 Å². The Labute approximate surface area is 188 Å². The molecule has 2 aliphatic rings. The third-order valence-electron chi connectivity index (χ3n) is 7.08. The summed E-state index contributed by atoms with van der Waals surface area (Å²) >= 11 is 0. The Morgan fingerprint density at radius 1 is 1.03 bits per heavy atom. The van der Waals surface area contributed by atoms with Crippen LogP contribution in [0.4, 0.5) is 13.2 Å². The van der Waals surface area contributed by atoms with Crippen molar-refractivity contribution in [3.8, 4) is 0 Å². The van der Waals surface area contributed by atoms with Crippen LogP contribution in [0.15, 0.2) is 54.6 Å². The molecule has 0 aromatic heterocycles. The molecule has 2 aromatic carbocycles. The van der Waals surface area contributed by atoms with Crippen molar-refractivity contribution in [2.75, 3.05) is 13.1 Å². The van der Waals surface area contributed by atoms with Gasteiger partial charge in [-0.05, 0) is 47.8 Å². The SMILES string of the molecule is CC(C)C(C(=O)N[C@H]1CC[C@@H]2CN(Cc3ccccc3C(F)(F)F)C[C@@H]21)c1ccccc1. The van der Waals surface area contributed by atoms with Gasteiger partial charge in [-0.2, -0.15) is 13.2 Å². The van der Waals surface area contributed by atoms with Crippen LogP contribution in [-0.2, 0) is 17.5 Å². The molecule has 3 nitrogen and oxygen atoms in total. The fraction of sp³-hybridized carbons (Fsp3) is 0.500. The van der Waals surface area contributed by atoms with Gasteiger partial charge in [0.1, 0.15) is 0 Å². The highest BCUT2D eigenvalue weighted by Gasteiger charge is 2.44. The lowest BCUT2D eigenvalue weighted by molar-refractivity contribution is -0.138. The fourth-order valence-corrected chi connectivity index (χ4v) is 5.61. The molecule has 0 spiro atoms. The van der Waals surface area contributed by atoms with Gasteiger partial charge in [0.2, 0.25) is 5.91 Å². The van der Waals surface area contributed by atoms with E-state index in [1.807, 2.05) is 30.3 Å². The number of halogens is 3. The van der Waals surface area contributed by atoms with Gasteiger partial charge in [-0.15, -0.1) is 0 Å². The number of alkyl halides is 3. The standard InChI is InChI=1S/C26H31F3N2O/c1-17(2)24(18-8-4-3-5-9-18)25(32)30-23-13-12-19-14-31(16-21(19)23)15-20-10-6-7-11-22(20)26(27,28)29/h3-11,17,19,21,23-24H,12-16H2,1-2H3,(H,30,32)/t19-,21+,23+,24?/m1/s1. The minimum atomic E-state index is -4.34. The predicted octanol–water partition coefficient (Wildman–Crippen LogP) is 5.47. The lowest BCUT2D eigenvalue weighted by Crippen LogP contribution is -2.43. The summed E-state index contributed by atoms with van der Waals surface area (Å²) in [4.78, 5) is 15.3. The Kier molecular flexibility index (Phi) is 6.61. The maximum absolute atomic E-state index is 13.4. The van der Waals surface area contributed by atoms with Crippen LogP contribution in [0.25, 0.3) is 0 Å². The molecule has 0 radical (unpaired) electrons. The first-order chi connectivity index (χ1) is 15.2. The normalized spacial score (nSPS) is 24.5. The number of amides is 1. The Morgan fingerprint density at radius 3 is 2.41 bits per heavy atom. The molecular formula is C26H31F3N2O. The molecule has 2 fully saturated rings.